The van der Waals surface area contributed by atoms with Crippen molar-refractivity contribution in [2.75, 3.05) is 9.80 Å². The van der Waals surface area contributed by atoms with Crippen molar-refractivity contribution >= 4 is 39.8 Å². The molecule has 37 heavy (non-hydrogen) atoms. The summed E-state index contributed by atoms with van der Waals surface area (Å²) in [5.41, 5.74) is 3.33. The molecule has 0 aromatic heterocycles. The Morgan fingerprint density at radius 1 is 0.595 bits per heavy atom. The van der Waals surface area contributed by atoms with Crippen molar-refractivity contribution in [3.8, 4) is 6.07 Å². The molecule has 176 valence electrons. The van der Waals surface area contributed by atoms with Gasteiger partial charge in [-0.25, -0.2) is 9.24 Å². The van der Waals surface area contributed by atoms with E-state index >= 15 is 4.39 Å². The van der Waals surface area contributed by atoms with Gasteiger partial charge in [-0.15, -0.1) is 0 Å². The van der Waals surface area contributed by atoms with E-state index in [9.17, 15) is 5.26 Å². The van der Waals surface area contributed by atoms with Crippen LogP contribution in [0.25, 0.3) is 4.85 Å². The molecule has 0 aliphatic carbocycles. The molecular formula is C32H21FN4. The van der Waals surface area contributed by atoms with Crippen LogP contribution in [0.15, 0.2) is 127 Å². The van der Waals surface area contributed by atoms with Crippen molar-refractivity contribution in [3.63, 3.8) is 0 Å². The lowest BCUT2D eigenvalue weighted by molar-refractivity contribution is 0.630. The lowest BCUT2D eigenvalue weighted by Crippen LogP contribution is -2.15. The third-order valence-corrected chi connectivity index (χ3v) is 5.96. The molecule has 0 atom stereocenters. The SMILES string of the molecule is [C-]#[N+]c1c(N(c2ccccc2)c2ccccc2)cc(N(c2ccccc2)c2ccccc2)c(C#N)c1F. The number of hydrogen-bond acceptors (Lipinski definition) is 3. The van der Waals surface area contributed by atoms with Crippen LogP contribution in [-0.2, 0) is 0 Å². The van der Waals surface area contributed by atoms with Crippen molar-refractivity contribution in [1.29, 1.82) is 5.26 Å². The first-order valence-electron chi connectivity index (χ1n) is 11.7. The average molecular weight is 481 g/mol. The summed E-state index contributed by atoms with van der Waals surface area (Å²) in [6.45, 7) is 7.86. The molecule has 5 aromatic carbocycles. The molecule has 5 aromatic rings. The van der Waals surface area contributed by atoms with Crippen molar-refractivity contribution in [2.24, 2.45) is 0 Å². The lowest BCUT2D eigenvalue weighted by Gasteiger charge is -2.31. The van der Waals surface area contributed by atoms with E-state index in [-0.39, 0.29) is 11.3 Å². The van der Waals surface area contributed by atoms with Crippen LogP contribution in [0.3, 0.4) is 0 Å². The molecule has 0 aliphatic heterocycles. The first-order chi connectivity index (χ1) is 18.2. The van der Waals surface area contributed by atoms with Gasteiger partial charge in [0.05, 0.1) is 17.9 Å². The van der Waals surface area contributed by atoms with Gasteiger partial charge in [0.15, 0.2) is 5.82 Å². The van der Waals surface area contributed by atoms with Crippen LogP contribution >= 0.6 is 0 Å². The Balaban J connectivity index is 1.85. The second kappa shape index (κ2) is 10.5. The predicted molar refractivity (Wildman–Crippen MR) is 147 cm³/mol. The van der Waals surface area contributed by atoms with Crippen LogP contribution < -0.4 is 9.80 Å². The molecule has 0 unspecified atom stereocenters. The normalized spacial score (nSPS) is 10.2. The summed E-state index contributed by atoms with van der Waals surface area (Å²) in [6.07, 6.45) is 0. The summed E-state index contributed by atoms with van der Waals surface area (Å²) in [7, 11) is 0. The number of para-hydroxylation sites is 4. The van der Waals surface area contributed by atoms with E-state index in [0.29, 0.717) is 11.4 Å². The van der Waals surface area contributed by atoms with Crippen LogP contribution in [0, 0.1) is 23.7 Å². The summed E-state index contributed by atoms with van der Waals surface area (Å²) in [5.74, 6) is -0.848. The van der Waals surface area contributed by atoms with Crippen molar-refractivity contribution < 1.29 is 4.39 Å². The van der Waals surface area contributed by atoms with Gasteiger partial charge >= 0.3 is 0 Å². The Morgan fingerprint density at radius 3 is 1.27 bits per heavy atom. The molecule has 0 saturated heterocycles. The molecule has 4 nitrogen and oxygen atoms in total. The van der Waals surface area contributed by atoms with Crippen LogP contribution in [0.1, 0.15) is 5.56 Å². The Kier molecular flexibility index (Phi) is 6.61. The topological polar surface area (TPSA) is 34.6 Å². The van der Waals surface area contributed by atoms with Gasteiger partial charge in [-0.2, -0.15) is 5.26 Å². The molecule has 0 amide bonds. The fourth-order valence-corrected chi connectivity index (χ4v) is 4.34. The molecule has 0 heterocycles. The highest BCUT2D eigenvalue weighted by atomic mass is 19.1. The van der Waals surface area contributed by atoms with E-state index in [1.165, 1.54) is 0 Å². The van der Waals surface area contributed by atoms with Crippen molar-refractivity contribution in [2.45, 2.75) is 0 Å². The largest absolute Gasteiger partial charge is 0.320 e. The monoisotopic (exact) mass is 480 g/mol. The lowest BCUT2D eigenvalue weighted by atomic mass is 10.0. The molecule has 0 radical (unpaired) electrons. The predicted octanol–water partition coefficient (Wildman–Crippen LogP) is 9.19. The smallest absolute Gasteiger partial charge is 0.246 e. The molecule has 0 N–H and O–H groups in total. The summed E-state index contributed by atoms with van der Waals surface area (Å²) >= 11 is 0. The maximum absolute atomic E-state index is 16.1. The third-order valence-electron chi connectivity index (χ3n) is 5.96. The second-order valence-corrected chi connectivity index (χ2v) is 8.19. The Morgan fingerprint density at radius 2 is 0.946 bits per heavy atom. The van der Waals surface area contributed by atoms with E-state index in [1.54, 1.807) is 6.07 Å². The first-order valence-corrected chi connectivity index (χ1v) is 11.7. The molecule has 0 bridgehead atoms. The molecule has 0 aliphatic rings. The number of hydrogen-bond donors (Lipinski definition) is 0. The highest BCUT2D eigenvalue weighted by Crippen LogP contribution is 2.48. The fraction of sp³-hybridized carbons (Fsp3) is 0. The van der Waals surface area contributed by atoms with Gasteiger partial charge in [0, 0.05) is 22.7 Å². The first kappa shape index (κ1) is 23.4. The molecule has 5 heteroatoms. The Hall–Kier alpha value is -5.39. The van der Waals surface area contributed by atoms with E-state index in [2.05, 4.69) is 4.85 Å². The zero-order valence-electron chi connectivity index (χ0n) is 19.8. The fourth-order valence-electron chi connectivity index (χ4n) is 4.34. The minimum Gasteiger partial charge on any atom is -0.320 e. The van der Waals surface area contributed by atoms with Crippen LogP contribution in [0.2, 0.25) is 0 Å². The van der Waals surface area contributed by atoms with Gasteiger partial charge in [-0.05, 0) is 54.6 Å². The summed E-state index contributed by atoms with van der Waals surface area (Å²) < 4.78 is 16.1. The summed E-state index contributed by atoms with van der Waals surface area (Å²) in [6, 6.07) is 41.7. The molecular weight excluding hydrogens is 459 g/mol. The maximum atomic E-state index is 16.1. The highest BCUT2D eigenvalue weighted by Gasteiger charge is 2.27. The maximum Gasteiger partial charge on any atom is 0.246 e. The van der Waals surface area contributed by atoms with Crippen molar-refractivity contribution in [1.82, 2.24) is 0 Å². The minimum atomic E-state index is -0.848. The van der Waals surface area contributed by atoms with Crippen LogP contribution in [-0.4, -0.2) is 0 Å². The standard InChI is InChI=1S/C32H21FN4/c1-35-32-30(37(26-18-10-4-11-19-26)27-20-12-5-13-21-27)22-29(28(23-34)31(32)33)36(24-14-6-2-7-15-24)25-16-8-3-9-17-25/h2-22H. The quantitative estimate of drug-likeness (QED) is 0.227. The molecule has 0 fully saturated rings. The zero-order valence-corrected chi connectivity index (χ0v) is 19.8. The summed E-state index contributed by atoms with van der Waals surface area (Å²) in [4.78, 5) is 7.24. The number of halogens is 1. The van der Waals surface area contributed by atoms with Gasteiger partial charge in [-0.1, -0.05) is 72.8 Å². The number of anilines is 6. The Bertz CT molecular complexity index is 1390. The zero-order chi connectivity index (χ0) is 25.6. The highest BCUT2D eigenvalue weighted by molar-refractivity contribution is 5.92. The number of benzene rings is 5. The second-order valence-electron chi connectivity index (χ2n) is 8.19. The van der Waals surface area contributed by atoms with Gasteiger partial charge in [0.25, 0.3) is 0 Å². The molecule has 5 rings (SSSR count). The Labute approximate surface area is 215 Å². The van der Waals surface area contributed by atoms with E-state index in [4.69, 9.17) is 6.57 Å². The van der Waals surface area contributed by atoms with Gasteiger partial charge in [-0.3, -0.25) is 0 Å². The number of rotatable bonds is 6. The van der Waals surface area contributed by atoms with Gasteiger partial charge in [0.1, 0.15) is 11.6 Å². The average Bonchev–Trinajstić information content (AvgIpc) is 2.96. The minimum absolute atomic E-state index is 0.191. The van der Waals surface area contributed by atoms with Gasteiger partial charge in [0.2, 0.25) is 5.69 Å². The van der Waals surface area contributed by atoms with E-state index in [1.807, 2.05) is 137 Å². The van der Waals surface area contributed by atoms with Gasteiger partial charge < -0.3 is 9.80 Å². The third kappa shape index (κ3) is 4.50. The van der Waals surface area contributed by atoms with Crippen molar-refractivity contribution in [3.05, 3.63) is 150 Å². The van der Waals surface area contributed by atoms with Crippen LogP contribution in [0.4, 0.5) is 44.2 Å². The van der Waals surface area contributed by atoms with Crippen LogP contribution in [0.5, 0.6) is 0 Å². The molecule has 0 spiro atoms. The number of nitriles is 1. The summed E-state index contributed by atoms with van der Waals surface area (Å²) in [5, 5.41) is 10.1. The van der Waals surface area contributed by atoms with E-state index < -0.39 is 5.82 Å². The molecule has 0 saturated carbocycles. The van der Waals surface area contributed by atoms with E-state index in [0.717, 1.165) is 22.7 Å². The number of nitrogens with zero attached hydrogens (tertiary/aromatic N) is 4.